The number of nitrogens with zero attached hydrogens (tertiary/aromatic N) is 1. The van der Waals surface area contributed by atoms with Crippen LogP contribution in [0.1, 0.15) is 22.8 Å². The Morgan fingerprint density at radius 3 is 2.79 bits per heavy atom. The number of halogens is 1. The second-order valence-corrected chi connectivity index (χ2v) is 4.40. The summed E-state index contributed by atoms with van der Waals surface area (Å²) < 4.78 is 10.3. The second-order valence-electron chi connectivity index (χ2n) is 3.99. The minimum absolute atomic E-state index is 0.334. The minimum Gasteiger partial charge on any atom is -0.493 e. The predicted octanol–water partition coefficient (Wildman–Crippen LogP) is 3.38. The molecule has 0 spiro atoms. The van der Waals surface area contributed by atoms with Crippen LogP contribution in [-0.2, 0) is 4.74 Å². The number of hydrogen-bond acceptors (Lipinski definition) is 4. The summed E-state index contributed by atoms with van der Waals surface area (Å²) in [6, 6.07) is 3.55. The maximum Gasteiger partial charge on any atom is 0.339 e. The lowest BCUT2D eigenvalue weighted by Crippen LogP contribution is -2.08. The van der Waals surface area contributed by atoms with Gasteiger partial charge in [-0.3, -0.25) is 4.98 Å². The summed E-state index contributed by atoms with van der Waals surface area (Å²) in [6.07, 6.45) is 1.49. The molecule has 1 heterocycles. The number of benzene rings is 1. The van der Waals surface area contributed by atoms with Crippen molar-refractivity contribution in [1.82, 2.24) is 4.98 Å². The van der Waals surface area contributed by atoms with Crippen molar-refractivity contribution >= 4 is 28.5 Å². The van der Waals surface area contributed by atoms with E-state index in [4.69, 9.17) is 21.1 Å². The molecule has 0 fully saturated rings. The van der Waals surface area contributed by atoms with Crippen LogP contribution in [-0.4, -0.2) is 24.7 Å². The quantitative estimate of drug-likeness (QED) is 0.808. The normalized spacial score (nSPS) is 10.5. The number of fused-ring (bicyclic) bond motifs is 1. The van der Waals surface area contributed by atoms with Crippen molar-refractivity contribution in [2.45, 2.75) is 13.8 Å². The summed E-state index contributed by atoms with van der Waals surface area (Å²) >= 11 is 6.05. The number of carbonyl (C=O) groups is 1. The van der Waals surface area contributed by atoms with Crippen LogP contribution < -0.4 is 4.74 Å². The number of hydrogen-bond donors (Lipinski definition) is 0. The molecule has 1 aromatic heterocycles. The summed E-state index contributed by atoms with van der Waals surface area (Å²) in [4.78, 5) is 16.1. The first-order chi connectivity index (χ1) is 9.10. The molecule has 0 aliphatic carbocycles. The van der Waals surface area contributed by atoms with Crippen LogP contribution >= 0.6 is 11.6 Å². The molecule has 0 radical (unpaired) electrons. The van der Waals surface area contributed by atoms with Gasteiger partial charge < -0.3 is 9.47 Å². The number of aryl methyl sites for hydroxylation is 1. The van der Waals surface area contributed by atoms with Crippen LogP contribution in [0, 0.1) is 6.92 Å². The van der Waals surface area contributed by atoms with E-state index < -0.39 is 0 Å². The molecule has 4 nitrogen and oxygen atoms in total. The smallest absolute Gasteiger partial charge is 0.339 e. The predicted molar refractivity (Wildman–Crippen MR) is 74.0 cm³/mol. The molecule has 0 aliphatic rings. The van der Waals surface area contributed by atoms with Crippen LogP contribution in [0.25, 0.3) is 10.9 Å². The molecule has 19 heavy (non-hydrogen) atoms. The van der Waals surface area contributed by atoms with Gasteiger partial charge in [0.1, 0.15) is 5.52 Å². The maximum absolute atomic E-state index is 11.8. The molecule has 2 rings (SSSR count). The highest BCUT2D eigenvalue weighted by atomic mass is 35.5. The molecule has 0 N–H and O–H groups in total. The largest absolute Gasteiger partial charge is 0.493 e. The van der Waals surface area contributed by atoms with Gasteiger partial charge in [-0.2, -0.15) is 0 Å². The van der Waals surface area contributed by atoms with Crippen LogP contribution in [0.4, 0.5) is 0 Å². The summed E-state index contributed by atoms with van der Waals surface area (Å²) in [5, 5.41) is 1.32. The SMILES string of the molecule is CCOC(=O)c1cnc2c(OC)c(Cl)ccc2c1C. The third kappa shape index (κ3) is 2.36. The highest BCUT2D eigenvalue weighted by molar-refractivity contribution is 6.33. The van der Waals surface area contributed by atoms with E-state index in [1.165, 1.54) is 13.3 Å². The Kier molecular flexibility index (Phi) is 3.90. The van der Waals surface area contributed by atoms with Crippen LogP contribution in [0.5, 0.6) is 5.75 Å². The molecule has 2 aromatic rings. The van der Waals surface area contributed by atoms with Crippen molar-refractivity contribution in [3.63, 3.8) is 0 Å². The Balaban J connectivity index is 2.66. The average molecular weight is 280 g/mol. The number of ether oxygens (including phenoxy) is 2. The Morgan fingerprint density at radius 2 is 2.16 bits per heavy atom. The van der Waals surface area contributed by atoms with Crippen LogP contribution in [0.2, 0.25) is 5.02 Å². The molecular formula is C14H14ClNO3. The van der Waals surface area contributed by atoms with Gasteiger partial charge >= 0.3 is 5.97 Å². The maximum atomic E-state index is 11.8. The van der Waals surface area contributed by atoms with E-state index in [2.05, 4.69) is 4.98 Å². The molecule has 0 saturated heterocycles. The van der Waals surface area contributed by atoms with Gasteiger partial charge in [-0.15, -0.1) is 0 Å². The molecule has 0 amide bonds. The van der Waals surface area contributed by atoms with Gasteiger partial charge in [0.15, 0.2) is 5.75 Å². The fourth-order valence-electron chi connectivity index (χ4n) is 1.96. The lowest BCUT2D eigenvalue weighted by molar-refractivity contribution is 0.0525. The van der Waals surface area contributed by atoms with Crippen LogP contribution in [0.3, 0.4) is 0 Å². The monoisotopic (exact) mass is 279 g/mol. The van der Waals surface area contributed by atoms with E-state index in [0.717, 1.165) is 10.9 Å². The summed E-state index contributed by atoms with van der Waals surface area (Å²) in [5.74, 6) is 0.140. The molecule has 1 aromatic carbocycles. The van der Waals surface area contributed by atoms with Crippen molar-refractivity contribution in [2.75, 3.05) is 13.7 Å². The molecule has 0 atom stereocenters. The van der Waals surface area contributed by atoms with Crippen molar-refractivity contribution in [2.24, 2.45) is 0 Å². The fourth-order valence-corrected chi connectivity index (χ4v) is 2.19. The zero-order valence-electron chi connectivity index (χ0n) is 11.0. The zero-order chi connectivity index (χ0) is 14.0. The van der Waals surface area contributed by atoms with E-state index >= 15 is 0 Å². The zero-order valence-corrected chi connectivity index (χ0v) is 11.7. The molecule has 100 valence electrons. The van der Waals surface area contributed by atoms with Gasteiger partial charge in [-0.25, -0.2) is 4.79 Å². The minimum atomic E-state index is -0.372. The fraction of sp³-hybridized carbons (Fsp3) is 0.286. The highest BCUT2D eigenvalue weighted by Crippen LogP contribution is 2.34. The Labute approximate surface area is 116 Å². The second kappa shape index (κ2) is 5.45. The lowest BCUT2D eigenvalue weighted by Gasteiger charge is -2.11. The van der Waals surface area contributed by atoms with Crippen molar-refractivity contribution in [1.29, 1.82) is 0 Å². The van der Waals surface area contributed by atoms with Crippen molar-refractivity contribution < 1.29 is 14.3 Å². The van der Waals surface area contributed by atoms with Gasteiger partial charge in [0, 0.05) is 11.6 Å². The summed E-state index contributed by atoms with van der Waals surface area (Å²) in [6.45, 7) is 3.95. The molecular weight excluding hydrogens is 266 g/mol. The van der Waals surface area contributed by atoms with Gasteiger partial charge in [0.25, 0.3) is 0 Å². The molecule has 0 unspecified atom stereocenters. The molecule has 0 saturated carbocycles. The van der Waals surface area contributed by atoms with Gasteiger partial charge in [0.2, 0.25) is 0 Å². The van der Waals surface area contributed by atoms with E-state index in [0.29, 0.717) is 28.5 Å². The third-order valence-electron chi connectivity index (χ3n) is 2.91. The first-order valence-electron chi connectivity index (χ1n) is 5.89. The Morgan fingerprint density at radius 1 is 1.42 bits per heavy atom. The molecule has 5 heteroatoms. The van der Waals surface area contributed by atoms with E-state index in [1.807, 2.05) is 13.0 Å². The van der Waals surface area contributed by atoms with Gasteiger partial charge in [0.05, 0.1) is 24.3 Å². The number of carbonyl (C=O) groups excluding carboxylic acids is 1. The number of methoxy groups -OCH3 is 1. The van der Waals surface area contributed by atoms with E-state index in [9.17, 15) is 4.79 Å². The topological polar surface area (TPSA) is 48.4 Å². The standard InChI is InChI=1S/C14H14ClNO3/c1-4-19-14(17)10-7-16-12-9(8(10)2)5-6-11(15)13(12)18-3/h5-7H,4H2,1-3H3. The number of esters is 1. The van der Waals surface area contributed by atoms with E-state index in [-0.39, 0.29) is 5.97 Å². The lowest BCUT2D eigenvalue weighted by atomic mass is 10.0. The number of rotatable bonds is 3. The molecule has 0 aliphatic heterocycles. The molecule has 0 bridgehead atoms. The van der Waals surface area contributed by atoms with Crippen molar-refractivity contribution in [3.05, 3.63) is 34.5 Å². The Hall–Kier alpha value is -1.81. The first kappa shape index (κ1) is 13.6. The highest BCUT2D eigenvalue weighted by Gasteiger charge is 2.16. The third-order valence-corrected chi connectivity index (χ3v) is 3.21. The van der Waals surface area contributed by atoms with Crippen LogP contribution in [0.15, 0.2) is 18.3 Å². The number of pyridine rings is 1. The van der Waals surface area contributed by atoms with E-state index in [1.54, 1.807) is 13.0 Å². The Bertz CT molecular complexity index is 640. The summed E-state index contributed by atoms with van der Waals surface area (Å²) in [5.41, 5.74) is 1.90. The number of aromatic nitrogens is 1. The average Bonchev–Trinajstić information content (AvgIpc) is 2.39. The van der Waals surface area contributed by atoms with Gasteiger partial charge in [-0.05, 0) is 25.5 Å². The summed E-state index contributed by atoms with van der Waals surface area (Å²) in [7, 11) is 1.54. The van der Waals surface area contributed by atoms with Crippen molar-refractivity contribution in [3.8, 4) is 5.75 Å². The first-order valence-corrected chi connectivity index (χ1v) is 6.26. The van der Waals surface area contributed by atoms with Gasteiger partial charge in [-0.1, -0.05) is 17.7 Å².